The van der Waals surface area contributed by atoms with Gasteiger partial charge in [0.05, 0.1) is 0 Å². The molecule has 0 bridgehead atoms. The fraction of sp³-hybridized carbons (Fsp3) is 0.500. The van der Waals surface area contributed by atoms with Gasteiger partial charge in [0.2, 0.25) is 0 Å². The lowest BCUT2D eigenvalue weighted by Crippen LogP contribution is -2.44. The smallest absolute Gasteiger partial charge is 0.199 e. The fourth-order valence-electron chi connectivity index (χ4n) is 2.31. The molecule has 1 fully saturated rings. The summed E-state index contributed by atoms with van der Waals surface area (Å²) in [5.41, 5.74) is 0.313. The van der Waals surface area contributed by atoms with E-state index < -0.39 is 11.6 Å². The number of fused-ring (bicyclic) bond motifs is 1. The number of anilines is 1. The molecule has 0 amide bonds. The van der Waals surface area contributed by atoms with E-state index in [0.717, 1.165) is 19.2 Å². The lowest BCUT2D eigenvalue weighted by atomic mass is 10.2. The highest BCUT2D eigenvalue weighted by Gasteiger charge is 2.28. The Kier molecular flexibility index (Phi) is 2.95. The third-order valence-corrected chi connectivity index (χ3v) is 3.13. The van der Waals surface area contributed by atoms with Crippen LogP contribution in [0.15, 0.2) is 6.07 Å². The molecule has 3 rings (SSSR count). The average Bonchev–Trinajstić information content (AvgIpc) is 2.40. The number of piperazine rings is 1. The first-order chi connectivity index (χ1) is 8.77. The van der Waals surface area contributed by atoms with Crippen LogP contribution in [0.2, 0.25) is 0 Å². The summed E-state index contributed by atoms with van der Waals surface area (Å²) in [5, 5.41) is 3.19. The summed E-state index contributed by atoms with van der Waals surface area (Å²) < 4.78 is 38.2. The Bertz CT molecular complexity index is 462. The molecule has 18 heavy (non-hydrogen) atoms. The van der Waals surface area contributed by atoms with E-state index in [2.05, 4.69) is 5.32 Å². The normalized spacial score (nSPS) is 18.9. The first kappa shape index (κ1) is 11.5. The third-order valence-electron chi connectivity index (χ3n) is 3.13. The second kappa shape index (κ2) is 4.61. The van der Waals surface area contributed by atoms with Crippen molar-refractivity contribution in [2.75, 3.05) is 44.3 Å². The summed E-state index contributed by atoms with van der Waals surface area (Å²) >= 11 is 0. The summed E-state index contributed by atoms with van der Waals surface area (Å²) in [5.74, 6) is -1.09. The molecule has 0 aromatic heterocycles. The molecular formula is C12H14F2N2O2. The van der Waals surface area contributed by atoms with Crippen LogP contribution in [0.5, 0.6) is 11.5 Å². The van der Waals surface area contributed by atoms with Crippen molar-refractivity contribution in [2.45, 2.75) is 0 Å². The van der Waals surface area contributed by atoms with Gasteiger partial charge < -0.3 is 19.7 Å². The molecule has 0 aliphatic carbocycles. The van der Waals surface area contributed by atoms with Gasteiger partial charge in [-0.15, -0.1) is 0 Å². The van der Waals surface area contributed by atoms with Crippen molar-refractivity contribution < 1.29 is 18.3 Å². The number of nitrogens with one attached hydrogen (secondary N) is 1. The topological polar surface area (TPSA) is 33.7 Å². The molecule has 4 nitrogen and oxygen atoms in total. The van der Waals surface area contributed by atoms with E-state index in [9.17, 15) is 8.78 Å². The van der Waals surface area contributed by atoms with E-state index in [-0.39, 0.29) is 18.1 Å². The molecule has 1 aromatic carbocycles. The quantitative estimate of drug-likeness (QED) is 0.817. The number of benzene rings is 1. The largest absolute Gasteiger partial charge is 0.484 e. The Morgan fingerprint density at radius 3 is 2.39 bits per heavy atom. The van der Waals surface area contributed by atoms with E-state index >= 15 is 0 Å². The van der Waals surface area contributed by atoms with Gasteiger partial charge >= 0.3 is 0 Å². The highest BCUT2D eigenvalue weighted by atomic mass is 19.1. The lowest BCUT2D eigenvalue weighted by Gasteiger charge is -2.32. The standard InChI is InChI=1S/C12H14F2N2O2/c13-8-7-9(14)11-12(18-6-5-17-11)10(8)16-3-1-15-2-4-16/h7,15H,1-6H2. The molecule has 6 heteroatoms. The van der Waals surface area contributed by atoms with Crippen LogP contribution < -0.4 is 19.7 Å². The molecule has 2 aliphatic rings. The van der Waals surface area contributed by atoms with Crippen LogP contribution in [-0.2, 0) is 0 Å². The second-order valence-corrected chi connectivity index (χ2v) is 4.28. The van der Waals surface area contributed by atoms with E-state index in [0.29, 0.717) is 25.4 Å². The van der Waals surface area contributed by atoms with Crippen molar-refractivity contribution in [3.8, 4) is 11.5 Å². The Balaban J connectivity index is 2.06. The zero-order valence-corrected chi connectivity index (χ0v) is 9.84. The van der Waals surface area contributed by atoms with Crippen molar-refractivity contribution in [2.24, 2.45) is 0 Å². The monoisotopic (exact) mass is 256 g/mol. The summed E-state index contributed by atoms with van der Waals surface area (Å²) in [7, 11) is 0. The molecule has 1 aromatic rings. The van der Waals surface area contributed by atoms with Crippen molar-refractivity contribution in [3.63, 3.8) is 0 Å². The molecule has 1 N–H and O–H groups in total. The van der Waals surface area contributed by atoms with E-state index in [1.807, 2.05) is 4.90 Å². The molecule has 0 radical (unpaired) electrons. The highest BCUT2D eigenvalue weighted by molar-refractivity contribution is 5.66. The predicted octanol–water partition coefficient (Wildman–Crippen LogP) is 1.15. The summed E-state index contributed by atoms with van der Waals surface area (Å²) in [6, 6.07) is 0.866. The Labute approximate surface area is 103 Å². The van der Waals surface area contributed by atoms with Crippen LogP contribution in [0.25, 0.3) is 0 Å². The highest BCUT2D eigenvalue weighted by Crippen LogP contribution is 2.43. The Morgan fingerprint density at radius 2 is 1.67 bits per heavy atom. The van der Waals surface area contributed by atoms with E-state index in [4.69, 9.17) is 9.47 Å². The zero-order chi connectivity index (χ0) is 12.5. The molecular weight excluding hydrogens is 242 g/mol. The summed E-state index contributed by atoms with van der Waals surface area (Å²) in [6.45, 7) is 3.47. The molecule has 0 spiro atoms. The molecule has 0 atom stereocenters. The van der Waals surface area contributed by atoms with Crippen LogP contribution >= 0.6 is 0 Å². The number of hydrogen-bond donors (Lipinski definition) is 1. The van der Waals surface area contributed by atoms with Gasteiger partial charge in [-0.3, -0.25) is 0 Å². The van der Waals surface area contributed by atoms with Crippen LogP contribution in [-0.4, -0.2) is 39.4 Å². The minimum Gasteiger partial charge on any atom is -0.484 e. The number of halogens is 2. The Morgan fingerprint density at radius 1 is 1.00 bits per heavy atom. The van der Waals surface area contributed by atoms with Gasteiger partial charge in [0.15, 0.2) is 23.1 Å². The summed E-state index contributed by atoms with van der Waals surface area (Å²) in [4.78, 5) is 1.86. The van der Waals surface area contributed by atoms with Gasteiger partial charge in [-0.05, 0) is 0 Å². The third kappa shape index (κ3) is 1.86. The molecule has 1 saturated heterocycles. The van der Waals surface area contributed by atoms with Crippen molar-refractivity contribution in [3.05, 3.63) is 17.7 Å². The second-order valence-electron chi connectivity index (χ2n) is 4.28. The number of hydrogen-bond acceptors (Lipinski definition) is 4. The molecule has 0 unspecified atom stereocenters. The molecule has 2 heterocycles. The SMILES string of the molecule is Fc1cc(F)c(N2CCNCC2)c2c1OCCO2. The van der Waals surface area contributed by atoms with Crippen molar-refractivity contribution >= 4 is 5.69 Å². The van der Waals surface area contributed by atoms with Crippen LogP contribution in [0.4, 0.5) is 14.5 Å². The van der Waals surface area contributed by atoms with Crippen LogP contribution in [0.3, 0.4) is 0 Å². The summed E-state index contributed by atoms with van der Waals surface area (Å²) in [6.07, 6.45) is 0. The maximum atomic E-state index is 14.0. The Hall–Kier alpha value is -1.56. The maximum Gasteiger partial charge on any atom is 0.199 e. The number of ether oxygens (including phenoxy) is 2. The van der Waals surface area contributed by atoms with E-state index in [1.54, 1.807) is 0 Å². The minimum absolute atomic E-state index is 0.0242. The van der Waals surface area contributed by atoms with Gasteiger partial charge in [-0.2, -0.15) is 0 Å². The van der Waals surface area contributed by atoms with Crippen molar-refractivity contribution in [1.29, 1.82) is 0 Å². The van der Waals surface area contributed by atoms with Crippen LogP contribution in [0.1, 0.15) is 0 Å². The van der Waals surface area contributed by atoms with Crippen LogP contribution in [0, 0.1) is 11.6 Å². The zero-order valence-electron chi connectivity index (χ0n) is 9.84. The van der Waals surface area contributed by atoms with Gasteiger partial charge in [0.25, 0.3) is 0 Å². The average molecular weight is 256 g/mol. The first-order valence-corrected chi connectivity index (χ1v) is 6.00. The number of nitrogens with zero attached hydrogens (tertiary/aromatic N) is 1. The fourth-order valence-corrected chi connectivity index (χ4v) is 2.31. The predicted molar refractivity (Wildman–Crippen MR) is 62.4 cm³/mol. The minimum atomic E-state index is -0.707. The maximum absolute atomic E-state index is 14.0. The molecule has 0 saturated carbocycles. The van der Waals surface area contributed by atoms with Crippen molar-refractivity contribution in [1.82, 2.24) is 5.32 Å². The lowest BCUT2D eigenvalue weighted by molar-refractivity contribution is 0.163. The van der Waals surface area contributed by atoms with Gasteiger partial charge in [-0.1, -0.05) is 0 Å². The van der Waals surface area contributed by atoms with E-state index in [1.165, 1.54) is 0 Å². The number of rotatable bonds is 1. The van der Waals surface area contributed by atoms with Gasteiger partial charge in [-0.25, -0.2) is 8.78 Å². The molecule has 2 aliphatic heterocycles. The van der Waals surface area contributed by atoms with Gasteiger partial charge in [0.1, 0.15) is 18.9 Å². The molecule has 98 valence electrons. The first-order valence-electron chi connectivity index (χ1n) is 6.00. The van der Waals surface area contributed by atoms with Gasteiger partial charge in [0, 0.05) is 32.2 Å².